The molecule has 2 aromatic rings. The van der Waals surface area contributed by atoms with Crippen LogP contribution in [0.4, 0.5) is 0 Å². The van der Waals surface area contributed by atoms with Crippen molar-refractivity contribution in [1.29, 1.82) is 0 Å². The van der Waals surface area contributed by atoms with Gasteiger partial charge in [-0.15, -0.1) is 0 Å². The maximum absolute atomic E-state index is 6.27. The molecule has 2 aromatic carbocycles. The number of hydrogen-bond donors (Lipinski definition) is 0. The van der Waals surface area contributed by atoms with E-state index in [4.69, 9.17) is 4.74 Å². The topological polar surface area (TPSA) is 9.23 Å². The van der Waals surface area contributed by atoms with Crippen molar-refractivity contribution in [2.24, 2.45) is 0 Å². The van der Waals surface area contributed by atoms with Gasteiger partial charge in [0.05, 0.1) is 0 Å². The van der Waals surface area contributed by atoms with Crippen LogP contribution < -0.4 is 0 Å². The predicted molar refractivity (Wildman–Crippen MR) is 111 cm³/mol. The first-order valence-corrected chi connectivity index (χ1v) is 10.8. The van der Waals surface area contributed by atoms with Gasteiger partial charge in [0.25, 0.3) is 0 Å². The van der Waals surface area contributed by atoms with Crippen LogP contribution in [0.25, 0.3) is 0 Å². The van der Waals surface area contributed by atoms with Crippen molar-refractivity contribution in [3.8, 4) is 0 Å². The zero-order valence-electron chi connectivity index (χ0n) is 15.2. The molecule has 2 heteroatoms. The van der Waals surface area contributed by atoms with E-state index < -0.39 is 0 Å². The van der Waals surface area contributed by atoms with Crippen LogP contribution in [0.3, 0.4) is 0 Å². The van der Waals surface area contributed by atoms with E-state index >= 15 is 0 Å². The van der Waals surface area contributed by atoms with Crippen molar-refractivity contribution in [2.45, 2.75) is 57.5 Å². The molecule has 1 nitrogen and oxygen atoms in total. The summed E-state index contributed by atoms with van der Waals surface area (Å²) in [7, 11) is 0. The first kappa shape index (κ1) is 20.2. The van der Waals surface area contributed by atoms with Gasteiger partial charge in [0.15, 0.2) is 0 Å². The van der Waals surface area contributed by atoms with Crippen molar-refractivity contribution in [3.63, 3.8) is 0 Å². The van der Waals surface area contributed by atoms with E-state index in [-0.39, 0.29) is 6.10 Å². The lowest BCUT2D eigenvalue weighted by Gasteiger charge is -2.19. The van der Waals surface area contributed by atoms with E-state index in [0.717, 1.165) is 18.4 Å². The molecule has 0 fully saturated rings. The highest BCUT2D eigenvalue weighted by Crippen LogP contribution is 2.26. The molecule has 0 bridgehead atoms. The van der Waals surface area contributed by atoms with Gasteiger partial charge in [0.2, 0.25) is 0 Å². The summed E-state index contributed by atoms with van der Waals surface area (Å²) in [4.78, 5) is 0. The van der Waals surface area contributed by atoms with Gasteiger partial charge in [-0.3, -0.25) is 0 Å². The normalized spacial score (nSPS) is 11.1. The number of ether oxygens (including phenoxy) is 1. The van der Waals surface area contributed by atoms with Gasteiger partial charge in [-0.25, -0.2) is 0 Å². The fourth-order valence-electron chi connectivity index (χ4n) is 3.10. The first-order chi connectivity index (χ1) is 12.4. The van der Waals surface area contributed by atoms with Crippen LogP contribution in [0.15, 0.2) is 60.7 Å². The Labute approximate surface area is 161 Å². The molecule has 0 saturated heterocycles. The van der Waals surface area contributed by atoms with E-state index in [0.29, 0.717) is 0 Å². The summed E-state index contributed by atoms with van der Waals surface area (Å²) in [5.74, 6) is 0. The zero-order valence-corrected chi connectivity index (χ0v) is 16.8. The van der Waals surface area contributed by atoms with Crippen LogP contribution in [0.5, 0.6) is 0 Å². The van der Waals surface area contributed by atoms with Gasteiger partial charge >= 0.3 is 0 Å². The zero-order chi connectivity index (χ0) is 17.6. The smallest absolute Gasteiger partial charge is 0.108 e. The Kier molecular flexibility index (Phi) is 10.6. The average Bonchev–Trinajstić information content (AvgIpc) is 2.67. The summed E-state index contributed by atoms with van der Waals surface area (Å²) in [6, 6.07) is 21.1. The number of unbranched alkanes of at least 4 members (excludes halogenated alkanes) is 7. The van der Waals surface area contributed by atoms with E-state index in [1.54, 1.807) is 0 Å². The minimum absolute atomic E-state index is 0.0478. The van der Waals surface area contributed by atoms with Crippen LogP contribution in [-0.2, 0) is 4.74 Å². The molecule has 0 aromatic heterocycles. The number of benzene rings is 2. The molecule has 0 aliphatic carbocycles. The van der Waals surface area contributed by atoms with Crippen molar-refractivity contribution in [1.82, 2.24) is 0 Å². The Hall–Kier alpha value is -1.12. The fraction of sp³-hybridized carbons (Fsp3) is 0.478. The van der Waals surface area contributed by atoms with E-state index in [1.165, 1.54) is 56.1 Å². The Balaban J connectivity index is 1.69. The van der Waals surface area contributed by atoms with Crippen LogP contribution in [0.1, 0.15) is 68.6 Å². The number of alkyl halides is 1. The predicted octanol–water partition coefficient (Wildman–Crippen LogP) is 7.31. The average molecular weight is 403 g/mol. The standard InChI is InChI=1S/C23H31BrO/c24-19-13-5-3-1-2-4-6-14-20-25-23(21-15-9-7-10-16-21)22-17-11-8-12-18-22/h7-12,15-18,23H,1-6,13-14,19-20H2. The number of halogens is 1. The molecular formula is C23H31BrO. The molecule has 0 N–H and O–H groups in total. The molecule has 0 radical (unpaired) electrons. The van der Waals surface area contributed by atoms with E-state index in [2.05, 4.69) is 76.6 Å². The second-order valence-electron chi connectivity index (χ2n) is 6.59. The lowest BCUT2D eigenvalue weighted by Crippen LogP contribution is -2.07. The van der Waals surface area contributed by atoms with Crippen LogP contribution in [-0.4, -0.2) is 11.9 Å². The van der Waals surface area contributed by atoms with Gasteiger partial charge in [-0.1, -0.05) is 115 Å². The molecule has 0 saturated carbocycles. The van der Waals surface area contributed by atoms with Crippen molar-refractivity contribution >= 4 is 15.9 Å². The molecule has 136 valence electrons. The quantitative estimate of drug-likeness (QED) is 0.252. The van der Waals surface area contributed by atoms with Gasteiger partial charge < -0.3 is 4.74 Å². The maximum Gasteiger partial charge on any atom is 0.108 e. The summed E-state index contributed by atoms with van der Waals surface area (Å²) in [5, 5.41) is 1.15. The summed E-state index contributed by atoms with van der Waals surface area (Å²) < 4.78 is 6.27. The number of rotatable bonds is 13. The fourth-order valence-corrected chi connectivity index (χ4v) is 3.50. The highest BCUT2D eigenvalue weighted by Gasteiger charge is 2.13. The van der Waals surface area contributed by atoms with Crippen LogP contribution in [0.2, 0.25) is 0 Å². The molecule has 0 heterocycles. The molecule has 0 unspecified atom stereocenters. The Morgan fingerprint density at radius 1 is 0.600 bits per heavy atom. The molecule has 2 rings (SSSR count). The minimum atomic E-state index is 0.0478. The summed E-state index contributed by atoms with van der Waals surface area (Å²) in [6.45, 7) is 0.831. The molecule has 0 spiro atoms. The third-order valence-corrected chi connectivity index (χ3v) is 5.08. The Morgan fingerprint density at radius 3 is 1.52 bits per heavy atom. The molecule has 0 amide bonds. The van der Waals surface area contributed by atoms with Gasteiger partial charge in [-0.2, -0.15) is 0 Å². The van der Waals surface area contributed by atoms with Crippen molar-refractivity contribution in [2.75, 3.05) is 11.9 Å². The van der Waals surface area contributed by atoms with Gasteiger partial charge in [0.1, 0.15) is 6.10 Å². The molecular weight excluding hydrogens is 372 g/mol. The lowest BCUT2D eigenvalue weighted by atomic mass is 10.0. The summed E-state index contributed by atoms with van der Waals surface area (Å²) in [6.07, 6.45) is 10.6. The van der Waals surface area contributed by atoms with Crippen LogP contribution in [0, 0.1) is 0 Å². The Morgan fingerprint density at radius 2 is 1.04 bits per heavy atom. The SMILES string of the molecule is BrCCCCCCCCCCOC(c1ccccc1)c1ccccc1. The maximum atomic E-state index is 6.27. The molecule has 0 atom stereocenters. The Bertz CT molecular complexity index is 501. The highest BCUT2D eigenvalue weighted by molar-refractivity contribution is 9.09. The third kappa shape index (κ3) is 8.20. The van der Waals surface area contributed by atoms with Gasteiger partial charge in [0, 0.05) is 11.9 Å². The third-order valence-electron chi connectivity index (χ3n) is 4.52. The second-order valence-corrected chi connectivity index (χ2v) is 7.38. The molecule has 0 aliphatic heterocycles. The van der Waals surface area contributed by atoms with Gasteiger partial charge in [-0.05, 0) is 24.0 Å². The molecule has 0 aliphatic rings. The minimum Gasteiger partial charge on any atom is -0.369 e. The lowest BCUT2D eigenvalue weighted by molar-refractivity contribution is 0.0768. The van der Waals surface area contributed by atoms with Crippen molar-refractivity contribution in [3.05, 3.63) is 71.8 Å². The van der Waals surface area contributed by atoms with Crippen molar-refractivity contribution < 1.29 is 4.74 Å². The number of hydrogen-bond acceptors (Lipinski definition) is 1. The highest BCUT2D eigenvalue weighted by atomic mass is 79.9. The molecule has 25 heavy (non-hydrogen) atoms. The first-order valence-electron chi connectivity index (χ1n) is 9.69. The van der Waals surface area contributed by atoms with E-state index in [9.17, 15) is 0 Å². The second kappa shape index (κ2) is 13.1. The summed E-state index contributed by atoms with van der Waals surface area (Å²) >= 11 is 3.49. The summed E-state index contributed by atoms with van der Waals surface area (Å²) in [5.41, 5.74) is 2.47. The van der Waals surface area contributed by atoms with Crippen LogP contribution >= 0.6 is 15.9 Å². The largest absolute Gasteiger partial charge is 0.369 e. The monoisotopic (exact) mass is 402 g/mol. The van der Waals surface area contributed by atoms with E-state index in [1.807, 2.05) is 0 Å².